The summed E-state index contributed by atoms with van der Waals surface area (Å²) in [7, 11) is 0. The number of nitrogens with one attached hydrogen (secondary N) is 3. The number of urea groups is 2. The SMILES string of the molecule is CCCNC(=O)NC(=O)CN1C(=O)NC(C)(CCC(C)C)C1=O. The first kappa shape index (κ1) is 18.9. The zero-order valence-electron chi connectivity index (χ0n) is 14.2. The Kier molecular flexibility index (Phi) is 6.53. The predicted octanol–water partition coefficient (Wildman–Crippen LogP) is 0.969. The molecule has 0 aliphatic carbocycles. The van der Waals surface area contributed by atoms with E-state index < -0.39 is 36.0 Å². The molecule has 1 unspecified atom stereocenters. The molecule has 8 heteroatoms. The molecule has 1 fully saturated rings. The van der Waals surface area contributed by atoms with E-state index in [1.165, 1.54) is 0 Å². The summed E-state index contributed by atoms with van der Waals surface area (Å²) in [5, 5.41) is 7.22. The van der Waals surface area contributed by atoms with E-state index in [2.05, 4.69) is 16.0 Å². The van der Waals surface area contributed by atoms with Crippen LogP contribution in [-0.2, 0) is 9.59 Å². The Morgan fingerprint density at radius 3 is 2.52 bits per heavy atom. The van der Waals surface area contributed by atoms with Gasteiger partial charge in [0.15, 0.2) is 0 Å². The third kappa shape index (κ3) is 5.22. The van der Waals surface area contributed by atoms with Crippen molar-refractivity contribution in [3.05, 3.63) is 0 Å². The average Bonchev–Trinajstić information content (AvgIpc) is 2.67. The molecule has 1 heterocycles. The number of imide groups is 2. The lowest BCUT2D eigenvalue weighted by Gasteiger charge is -2.22. The van der Waals surface area contributed by atoms with E-state index >= 15 is 0 Å². The van der Waals surface area contributed by atoms with Gasteiger partial charge in [0.2, 0.25) is 5.91 Å². The van der Waals surface area contributed by atoms with Crippen molar-refractivity contribution >= 4 is 23.9 Å². The highest BCUT2D eigenvalue weighted by Gasteiger charge is 2.47. The highest BCUT2D eigenvalue weighted by molar-refractivity contribution is 6.09. The number of nitrogens with zero attached hydrogens (tertiary/aromatic N) is 1. The van der Waals surface area contributed by atoms with Gasteiger partial charge >= 0.3 is 12.1 Å². The summed E-state index contributed by atoms with van der Waals surface area (Å²) in [6.07, 6.45) is 2.02. The first-order valence-electron chi connectivity index (χ1n) is 7.91. The Morgan fingerprint density at radius 1 is 1.30 bits per heavy atom. The van der Waals surface area contributed by atoms with Crippen LogP contribution < -0.4 is 16.0 Å². The summed E-state index contributed by atoms with van der Waals surface area (Å²) < 4.78 is 0. The molecule has 3 N–H and O–H groups in total. The molecule has 0 spiro atoms. The van der Waals surface area contributed by atoms with E-state index in [1.807, 2.05) is 20.8 Å². The second kappa shape index (κ2) is 7.94. The maximum Gasteiger partial charge on any atom is 0.325 e. The molecule has 6 amide bonds. The van der Waals surface area contributed by atoms with E-state index in [0.29, 0.717) is 18.9 Å². The molecule has 1 rings (SSSR count). The van der Waals surface area contributed by atoms with Gasteiger partial charge in [-0.25, -0.2) is 9.59 Å². The van der Waals surface area contributed by atoms with Crippen LogP contribution in [0.5, 0.6) is 0 Å². The van der Waals surface area contributed by atoms with Gasteiger partial charge in [-0.2, -0.15) is 0 Å². The molecule has 0 bridgehead atoms. The molecular formula is C15H26N4O4. The minimum Gasteiger partial charge on any atom is -0.338 e. The van der Waals surface area contributed by atoms with Gasteiger partial charge in [-0.05, 0) is 32.1 Å². The van der Waals surface area contributed by atoms with Gasteiger partial charge in [0.25, 0.3) is 5.91 Å². The molecule has 1 aliphatic rings. The summed E-state index contributed by atoms with van der Waals surface area (Å²) in [6.45, 7) is 7.57. The Hall–Kier alpha value is -2.12. The van der Waals surface area contributed by atoms with Crippen molar-refractivity contribution in [2.75, 3.05) is 13.1 Å². The maximum absolute atomic E-state index is 12.4. The standard InChI is InChI=1S/C15H26N4O4/c1-5-8-16-13(22)17-11(20)9-19-12(21)15(4,18-14(19)23)7-6-10(2)3/h10H,5-9H2,1-4H3,(H,18,23)(H2,16,17,20,22). The van der Waals surface area contributed by atoms with Crippen molar-refractivity contribution in [3.8, 4) is 0 Å². The van der Waals surface area contributed by atoms with E-state index in [1.54, 1.807) is 6.92 Å². The van der Waals surface area contributed by atoms with Gasteiger partial charge in [-0.3, -0.25) is 19.8 Å². The largest absolute Gasteiger partial charge is 0.338 e. The molecule has 1 saturated heterocycles. The molecule has 0 radical (unpaired) electrons. The first-order chi connectivity index (χ1) is 10.7. The highest BCUT2D eigenvalue weighted by atomic mass is 16.2. The van der Waals surface area contributed by atoms with Gasteiger partial charge in [0, 0.05) is 6.54 Å². The van der Waals surface area contributed by atoms with Crippen LogP contribution in [0.1, 0.15) is 47.0 Å². The number of rotatable bonds is 7. The lowest BCUT2D eigenvalue weighted by molar-refractivity contribution is -0.134. The third-order valence-corrected chi connectivity index (χ3v) is 3.66. The van der Waals surface area contributed by atoms with Crippen molar-refractivity contribution in [2.24, 2.45) is 5.92 Å². The molecule has 8 nitrogen and oxygen atoms in total. The van der Waals surface area contributed by atoms with Crippen LogP contribution >= 0.6 is 0 Å². The average molecular weight is 326 g/mol. The van der Waals surface area contributed by atoms with Crippen molar-refractivity contribution in [1.29, 1.82) is 0 Å². The number of amides is 6. The van der Waals surface area contributed by atoms with Crippen molar-refractivity contribution in [3.63, 3.8) is 0 Å². The zero-order chi connectivity index (χ0) is 17.6. The maximum atomic E-state index is 12.4. The molecule has 0 aromatic carbocycles. The second-order valence-corrected chi connectivity index (χ2v) is 6.39. The molecule has 23 heavy (non-hydrogen) atoms. The predicted molar refractivity (Wildman–Crippen MR) is 84.6 cm³/mol. The highest BCUT2D eigenvalue weighted by Crippen LogP contribution is 2.24. The Bertz CT molecular complexity index is 492. The number of hydrogen-bond donors (Lipinski definition) is 3. The molecule has 130 valence electrons. The van der Waals surface area contributed by atoms with Crippen LogP contribution in [0.25, 0.3) is 0 Å². The molecular weight excluding hydrogens is 300 g/mol. The lowest BCUT2D eigenvalue weighted by atomic mass is 9.92. The third-order valence-electron chi connectivity index (χ3n) is 3.66. The Balaban J connectivity index is 2.60. The summed E-state index contributed by atoms with van der Waals surface area (Å²) in [6, 6.07) is -1.24. The van der Waals surface area contributed by atoms with E-state index in [9.17, 15) is 19.2 Å². The number of carbonyl (C=O) groups is 4. The molecule has 1 atom stereocenters. The van der Waals surface area contributed by atoms with Crippen LogP contribution in [0.3, 0.4) is 0 Å². The van der Waals surface area contributed by atoms with Crippen LogP contribution in [0.4, 0.5) is 9.59 Å². The zero-order valence-corrected chi connectivity index (χ0v) is 14.2. The molecule has 0 aromatic heterocycles. The quantitative estimate of drug-likeness (QED) is 0.606. The van der Waals surface area contributed by atoms with Crippen LogP contribution in [0, 0.1) is 5.92 Å². The summed E-state index contributed by atoms with van der Waals surface area (Å²) in [5.41, 5.74) is -0.994. The van der Waals surface area contributed by atoms with E-state index in [0.717, 1.165) is 17.7 Å². The lowest BCUT2D eigenvalue weighted by Crippen LogP contribution is -2.47. The van der Waals surface area contributed by atoms with Crippen LogP contribution in [0.2, 0.25) is 0 Å². The van der Waals surface area contributed by atoms with Gasteiger partial charge in [0.05, 0.1) is 0 Å². The monoisotopic (exact) mass is 326 g/mol. The summed E-state index contributed by atoms with van der Waals surface area (Å²) in [5.74, 6) is -0.737. The van der Waals surface area contributed by atoms with E-state index in [-0.39, 0.29) is 0 Å². The Morgan fingerprint density at radius 2 is 1.96 bits per heavy atom. The van der Waals surface area contributed by atoms with Crippen molar-refractivity contribution in [1.82, 2.24) is 20.9 Å². The fourth-order valence-electron chi connectivity index (χ4n) is 2.23. The molecule has 0 aromatic rings. The minimum absolute atomic E-state index is 0.399. The smallest absolute Gasteiger partial charge is 0.325 e. The molecule has 1 aliphatic heterocycles. The first-order valence-corrected chi connectivity index (χ1v) is 7.91. The topological polar surface area (TPSA) is 108 Å². The summed E-state index contributed by atoms with van der Waals surface area (Å²) in [4.78, 5) is 48.4. The molecule has 0 saturated carbocycles. The van der Waals surface area contributed by atoms with Crippen LogP contribution in [0.15, 0.2) is 0 Å². The van der Waals surface area contributed by atoms with Gasteiger partial charge in [-0.1, -0.05) is 20.8 Å². The number of hydrogen-bond acceptors (Lipinski definition) is 4. The minimum atomic E-state index is -0.994. The normalized spacial score (nSPS) is 20.7. The fraction of sp³-hybridized carbons (Fsp3) is 0.733. The fourth-order valence-corrected chi connectivity index (χ4v) is 2.23. The van der Waals surface area contributed by atoms with Gasteiger partial charge < -0.3 is 10.6 Å². The van der Waals surface area contributed by atoms with Gasteiger partial charge in [-0.15, -0.1) is 0 Å². The van der Waals surface area contributed by atoms with Crippen molar-refractivity contribution < 1.29 is 19.2 Å². The van der Waals surface area contributed by atoms with Crippen LogP contribution in [-0.4, -0.2) is 47.4 Å². The van der Waals surface area contributed by atoms with Crippen molar-refractivity contribution in [2.45, 2.75) is 52.5 Å². The second-order valence-electron chi connectivity index (χ2n) is 6.39. The Labute approximate surface area is 136 Å². The number of carbonyl (C=O) groups excluding carboxylic acids is 4. The van der Waals surface area contributed by atoms with E-state index in [4.69, 9.17) is 0 Å². The van der Waals surface area contributed by atoms with Gasteiger partial charge in [0.1, 0.15) is 12.1 Å². The summed E-state index contributed by atoms with van der Waals surface area (Å²) >= 11 is 0.